The summed E-state index contributed by atoms with van der Waals surface area (Å²) in [5, 5.41) is 3.93. The fourth-order valence-electron chi connectivity index (χ4n) is 2.68. The van der Waals surface area contributed by atoms with Crippen LogP contribution in [0.25, 0.3) is 0 Å². The molecule has 1 atom stereocenters. The van der Waals surface area contributed by atoms with Gasteiger partial charge in [0.2, 0.25) is 0 Å². The first-order chi connectivity index (χ1) is 11.2. The van der Waals surface area contributed by atoms with Gasteiger partial charge in [0.15, 0.2) is 5.96 Å². The van der Waals surface area contributed by atoms with Gasteiger partial charge >= 0.3 is 0 Å². The topological polar surface area (TPSA) is 62.9 Å². The van der Waals surface area contributed by atoms with Crippen LogP contribution in [0.3, 0.4) is 0 Å². The van der Waals surface area contributed by atoms with Crippen LogP contribution in [0, 0.1) is 0 Å². The number of ether oxygens (including phenoxy) is 1. The molecule has 6 heteroatoms. The molecule has 23 heavy (non-hydrogen) atoms. The summed E-state index contributed by atoms with van der Waals surface area (Å²) in [6, 6.07) is 8.09. The summed E-state index contributed by atoms with van der Waals surface area (Å²) >= 11 is 6.40. The summed E-state index contributed by atoms with van der Waals surface area (Å²) in [4.78, 5) is 6.90. The van der Waals surface area contributed by atoms with E-state index in [1.807, 2.05) is 18.2 Å². The van der Waals surface area contributed by atoms with Crippen LogP contribution in [0.5, 0.6) is 0 Å². The lowest BCUT2D eigenvalue weighted by molar-refractivity contribution is 0.0180. The van der Waals surface area contributed by atoms with Crippen LogP contribution in [0.15, 0.2) is 29.3 Å². The Morgan fingerprint density at radius 3 is 2.83 bits per heavy atom. The third-order valence-corrected chi connectivity index (χ3v) is 4.37. The standard InChI is InChI=1S/C17H27ClN4O/c1-2-3-8-20-17(19)21-13-16(22-9-11-23-12-10-22)14-6-4-5-7-15(14)18/h4-7,16H,2-3,8-13H2,1H3,(H3,19,20,21). The average molecular weight is 339 g/mol. The lowest BCUT2D eigenvalue weighted by Gasteiger charge is -2.34. The molecule has 5 nitrogen and oxygen atoms in total. The number of aliphatic imine (C=N–C) groups is 1. The summed E-state index contributed by atoms with van der Waals surface area (Å²) in [7, 11) is 0. The van der Waals surface area contributed by atoms with E-state index < -0.39 is 0 Å². The van der Waals surface area contributed by atoms with Crippen LogP contribution >= 0.6 is 11.6 Å². The lowest BCUT2D eigenvalue weighted by Crippen LogP contribution is -2.41. The number of halogens is 1. The maximum Gasteiger partial charge on any atom is 0.188 e. The summed E-state index contributed by atoms with van der Waals surface area (Å²) in [5.74, 6) is 0.503. The van der Waals surface area contributed by atoms with E-state index in [0.717, 1.165) is 56.3 Å². The van der Waals surface area contributed by atoms with Gasteiger partial charge in [0, 0.05) is 24.7 Å². The fourth-order valence-corrected chi connectivity index (χ4v) is 2.94. The maximum atomic E-state index is 6.40. The molecule has 1 saturated heterocycles. The summed E-state index contributed by atoms with van der Waals surface area (Å²) in [6.07, 6.45) is 2.23. The Labute approximate surface area is 143 Å². The number of nitrogens with one attached hydrogen (secondary N) is 1. The van der Waals surface area contributed by atoms with Crippen LogP contribution in [-0.2, 0) is 4.74 Å². The first-order valence-electron chi connectivity index (χ1n) is 8.32. The first-order valence-corrected chi connectivity index (χ1v) is 8.70. The molecule has 0 radical (unpaired) electrons. The van der Waals surface area contributed by atoms with Crippen molar-refractivity contribution in [3.63, 3.8) is 0 Å². The van der Waals surface area contributed by atoms with Crippen LogP contribution in [0.2, 0.25) is 5.02 Å². The monoisotopic (exact) mass is 338 g/mol. The Morgan fingerprint density at radius 1 is 1.39 bits per heavy atom. The lowest BCUT2D eigenvalue weighted by atomic mass is 10.0. The van der Waals surface area contributed by atoms with E-state index in [2.05, 4.69) is 28.2 Å². The van der Waals surface area contributed by atoms with Gasteiger partial charge in [-0.3, -0.25) is 9.89 Å². The highest BCUT2D eigenvalue weighted by Gasteiger charge is 2.24. The van der Waals surface area contributed by atoms with E-state index in [-0.39, 0.29) is 6.04 Å². The summed E-state index contributed by atoms with van der Waals surface area (Å²) in [6.45, 7) is 6.86. The number of hydrogen-bond donors (Lipinski definition) is 2. The molecule has 0 aromatic heterocycles. The second kappa shape index (κ2) is 9.75. The SMILES string of the molecule is CCCCNC(N)=NCC(c1ccccc1Cl)N1CCOCC1. The Kier molecular flexibility index (Phi) is 7.65. The quantitative estimate of drug-likeness (QED) is 0.455. The number of unbranched alkanes of at least 4 members (excludes halogenated alkanes) is 1. The number of rotatable bonds is 7. The van der Waals surface area contributed by atoms with Gasteiger partial charge < -0.3 is 15.8 Å². The van der Waals surface area contributed by atoms with Gasteiger partial charge in [-0.05, 0) is 18.1 Å². The van der Waals surface area contributed by atoms with Crippen molar-refractivity contribution in [1.29, 1.82) is 0 Å². The maximum absolute atomic E-state index is 6.40. The first kappa shape index (κ1) is 18.0. The van der Waals surface area contributed by atoms with Gasteiger partial charge in [0.25, 0.3) is 0 Å². The molecular formula is C17H27ClN4O. The van der Waals surface area contributed by atoms with Crippen molar-refractivity contribution in [3.8, 4) is 0 Å². The van der Waals surface area contributed by atoms with E-state index in [0.29, 0.717) is 12.5 Å². The largest absolute Gasteiger partial charge is 0.379 e. The van der Waals surface area contributed by atoms with Gasteiger partial charge in [-0.15, -0.1) is 0 Å². The average Bonchev–Trinajstić information content (AvgIpc) is 2.58. The predicted octanol–water partition coefficient (Wildman–Crippen LogP) is 2.42. The van der Waals surface area contributed by atoms with Crippen LogP contribution < -0.4 is 11.1 Å². The third-order valence-electron chi connectivity index (χ3n) is 4.02. The Balaban J connectivity index is 2.07. The van der Waals surface area contributed by atoms with Crippen molar-refractivity contribution in [2.45, 2.75) is 25.8 Å². The van der Waals surface area contributed by atoms with Gasteiger partial charge in [0.05, 0.1) is 25.8 Å². The zero-order chi connectivity index (χ0) is 16.5. The van der Waals surface area contributed by atoms with Crippen LogP contribution in [-0.4, -0.2) is 50.3 Å². The van der Waals surface area contributed by atoms with Crippen molar-refractivity contribution in [2.75, 3.05) is 39.4 Å². The zero-order valence-electron chi connectivity index (χ0n) is 13.8. The van der Waals surface area contributed by atoms with Crippen LogP contribution in [0.1, 0.15) is 31.4 Å². The third kappa shape index (κ3) is 5.68. The highest BCUT2D eigenvalue weighted by molar-refractivity contribution is 6.31. The van der Waals surface area contributed by atoms with E-state index >= 15 is 0 Å². The second-order valence-electron chi connectivity index (χ2n) is 5.69. The van der Waals surface area contributed by atoms with E-state index in [4.69, 9.17) is 22.1 Å². The van der Waals surface area contributed by atoms with Crippen molar-refractivity contribution >= 4 is 17.6 Å². The van der Waals surface area contributed by atoms with Crippen molar-refractivity contribution in [3.05, 3.63) is 34.9 Å². The van der Waals surface area contributed by atoms with Crippen molar-refractivity contribution in [1.82, 2.24) is 10.2 Å². The second-order valence-corrected chi connectivity index (χ2v) is 6.10. The minimum Gasteiger partial charge on any atom is -0.379 e. The fraction of sp³-hybridized carbons (Fsp3) is 0.588. The Bertz CT molecular complexity index is 503. The highest BCUT2D eigenvalue weighted by atomic mass is 35.5. The van der Waals surface area contributed by atoms with Gasteiger partial charge in [-0.1, -0.05) is 43.1 Å². The molecule has 0 saturated carbocycles. The molecule has 1 aromatic rings. The summed E-state index contributed by atoms with van der Waals surface area (Å²) in [5.41, 5.74) is 7.07. The van der Waals surface area contributed by atoms with E-state index in [1.54, 1.807) is 0 Å². The molecule has 0 aliphatic carbocycles. The number of guanidine groups is 1. The number of nitrogens with zero attached hydrogens (tertiary/aromatic N) is 2. The molecule has 128 valence electrons. The minimum absolute atomic E-state index is 0.124. The van der Waals surface area contributed by atoms with Crippen molar-refractivity contribution < 1.29 is 4.74 Å². The minimum atomic E-state index is 0.124. The Morgan fingerprint density at radius 2 is 2.13 bits per heavy atom. The number of nitrogens with two attached hydrogens (primary N) is 1. The van der Waals surface area contributed by atoms with E-state index in [1.165, 1.54) is 0 Å². The number of benzene rings is 1. The zero-order valence-corrected chi connectivity index (χ0v) is 14.6. The van der Waals surface area contributed by atoms with Gasteiger partial charge in [-0.25, -0.2) is 0 Å². The molecule has 0 bridgehead atoms. The number of hydrogen-bond acceptors (Lipinski definition) is 3. The normalized spacial score (nSPS) is 17.9. The smallest absolute Gasteiger partial charge is 0.188 e. The molecule has 1 fully saturated rings. The molecular weight excluding hydrogens is 312 g/mol. The number of morpholine rings is 1. The molecule has 0 amide bonds. The summed E-state index contributed by atoms with van der Waals surface area (Å²) < 4.78 is 5.46. The molecule has 1 aliphatic heterocycles. The van der Waals surface area contributed by atoms with E-state index in [9.17, 15) is 0 Å². The highest BCUT2D eigenvalue weighted by Crippen LogP contribution is 2.28. The molecule has 0 spiro atoms. The Hall–Kier alpha value is -1.30. The van der Waals surface area contributed by atoms with Crippen molar-refractivity contribution in [2.24, 2.45) is 10.7 Å². The molecule has 2 rings (SSSR count). The molecule has 3 N–H and O–H groups in total. The van der Waals surface area contributed by atoms with Gasteiger partial charge in [-0.2, -0.15) is 0 Å². The van der Waals surface area contributed by atoms with Crippen LogP contribution in [0.4, 0.5) is 0 Å². The molecule has 1 aliphatic rings. The van der Waals surface area contributed by atoms with Gasteiger partial charge in [0.1, 0.15) is 0 Å². The molecule has 1 unspecified atom stereocenters. The molecule has 1 aromatic carbocycles. The predicted molar refractivity (Wildman–Crippen MR) is 96.0 cm³/mol. The molecule has 1 heterocycles.